The second-order valence-electron chi connectivity index (χ2n) is 4.37. The summed E-state index contributed by atoms with van der Waals surface area (Å²) >= 11 is 0. The van der Waals surface area contributed by atoms with Gasteiger partial charge < -0.3 is 16.0 Å². The molecule has 1 aliphatic heterocycles. The van der Waals surface area contributed by atoms with E-state index < -0.39 is 10.0 Å². The number of rotatable bonds is 6. The summed E-state index contributed by atoms with van der Waals surface area (Å²) in [5.74, 6) is 0.0802. The van der Waals surface area contributed by atoms with Crippen molar-refractivity contribution in [3.63, 3.8) is 0 Å². The lowest BCUT2D eigenvalue weighted by atomic mass is 10.1. The van der Waals surface area contributed by atoms with Crippen LogP contribution in [-0.2, 0) is 10.0 Å². The zero-order chi connectivity index (χ0) is 13.6. The van der Waals surface area contributed by atoms with Crippen molar-refractivity contribution >= 4 is 16.1 Å². The van der Waals surface area contributed by atoms with Crippen molar-refractivity contribution in [2.24, 2.45) is 5.73 Å². The van der Waals surface area contributed by atoms with Crippen LogP contribution < -0.4 is 15.8 Å². The molecular weight excluding hydrogens is 256 g/mol. The predicted octanol–water partition coefficient (Wildman–Crippen LogP) is -0.942. The third-order valence-electron chi connectivity index (χ3n) is 2.97. The van der Waals surface area contributed by atoms with E-state index in [0.717, 1.165) is 12.8 Å². The Bertz CT molecular complexity index is 363. The molecule has 0 atom stereocenters. The highest BCUT2D eigenvalue weighted by Gasteiger charge is 2.21. The highest BCUT2D eigenvalue weighted by molar-refractivity contribution is 7.89. The average molecular weight is 278 g/mol. The molecule has 0 spiro atoms. The van der Waals surface area contributed by atoms with Gasteiger partial charge in [-0.15, -0.1) is 0 Å². The normalized spacial score (nSPS) is 17.9. The van der Waals surface area contributed by atoms with E-state index in [2.05, 4.69) is 10.0 Å². The lowest BCUT2D eigenvalue weighted by molar-refractivity contribution is 0.186. The molecule has 0 aromatic carbocycles. The van der Waals surface area contributed by atoms with Gasteiger partial charge in [-0.3, -0.25) is 0 Å². The first-order chi connectivity index (χ1) is 8.44. The fourth-order valence-corrected chi connectivity index (χ4v) is 2.96. The molecule has 0 bridgehead atoms. The van der Waals surface area contributed by atoms with Crippen LogP contribution in [0.15, 0.2) is 0 Å². The van der Waals surface area contributed by atoms with Gasteiger partial charge in [0.1, 0.15) is 0 Å². The largest absolute Gasteiger partial charge is 0.351 e. The summed E-state index contributed by atoms with van der Waals surface area (Å²) in [7, 11) is -3.15. The van der Waals surface area contributed by atoms with Gasteiger partial charge in [-0.2, -0.15) is 0 Å². The average Bonchev–Trinajstić information content (AvgIpc) is 2.29. The second-order valence-corrected chi connectivity index (χ2v) is 6.30. The van der Waals surface area contributed by atoms with Crippen molar-refractivity contribution in [3.8, 4) is 0 Å². The molecule has 18 heavy (non-hydrogen) atoms. The molecule has 1 aliphatic rings. The Labute approximate surface area is 108 Å². The topological polar surface area (TPSA) is 105 Å². The van der Waals surface area contributed by atoms with E-state index >= 15 is 0 Å². The monoisotopic (exact) mass is 278 g/mol. The molecule has 0 aromatic heterocycles. The molecule has 7 nitrogen and oxygen atoms in total. The van der Waals surface area contributed by atoms with Crippen LogP contribution in [0.1, 0.15) is 19.8 Å². The van der Waals surface area contributed by atoms with E-state index in [1.807, 2.05) is 0 Å². The van der Waals surface area contributed by atoms with Crippen LogP contribution in [-0.4, -0.2) is 57.3 Å². The number of amides is 2. The van der Waals surface area contributed by atoms with Crippen LogP contribution in [0.4, 0.5) is 4.79 Å². The van der Waals surface area contributed by atoms with Gasteiger partial charge in [-0.1, -0.05) is 6.92 Å². The third-order valence-corrected chi connectivity index (χ3v) is 4.44. The molecule has 2 amide bonds. The molecule has 4 N–H and O–H groups in total. The van der Waals surface area contributed by atoms with Crippen LogP contribution in [0.3, 0.4) is 0 Å². The number of hydrogen-bond donors (Lipinski definition) is 3. The zero-order valence-electron chi connectivity index (χ0n) is 10.7. The molecule has 0 aromatic rings. The molecule has 1 rings (SSSR count). The van der Waals surface area contributed by atoms with Crippen LogP contribution in [0.5, 0.6) is 0 Å². The SMILES string of the molecule is CCNS(=O)(=O)CCNC1CCN(C(N)=O)CC1. The third kappa shape index (κ3) is 5.19. The maximum absolute atomic E-state index is 11.4. The van der Waals surface area contributed by atoms with Crippen LogP contribution in [0, 0.1) is 0 Å². The highest BCUT2D eigenvalue weighted by atomic mass is 32.2. The second kappa shape index (κ2) is 6.91. The van der Waals surface area contributed by atoms with Crippen LogP contribution in [0.2, 0.25) is 0 Å². The fraction of sp³-hybridized carbons (Fsp3) is 0.900. The summed E-state index contributed by atoms with van der Waals surface area (Å²) < 4.78 is 25.2. The standard InChI is InChI=1S/C10H22N4O3S/c1-2-13-18(16,17)8-5-12-9-3-6-14(7-4-9)10(11)15/h9,12-13H,2-8H2,1H3,(H2,11,15). The van der Waals surface area contributed by atoms with E-state index in [4.69, 9.17) is 5.73 Å². The number of sulfonamides is 1. The van der Waals surface area contributed by atoms with Crippen molar-refractivity contribution in [1.82, 2.24) is 14.9 Å². The molecule has 1 fully saturated rings. The molecule has 0 saturated carbocycles. The number of likely N-dealkylation sites (tertiary alicyclic amines) is 1. The Hall–Kier alpha value is -0.860. The number of nitrogens with one attached hydrogen (secondary N) is 2. The number of carbonyl (C=O) groups excluding carboxylic acids is 1. The smallest absolute Gasteiger partial charge is 0.314 e. The maximum atomic E-state index is 11.4. The fourth-order valence-electron chi connectivity index (χ4n) is 1.99. The highest BCUT2D eigenvalue weighted by Crippen LogP contribution is 2.09. The van der Waals surface area contributed by atoms with Gasteiger partial charge in [0.25, 0.3) is 0 Å². The van der Waals surface area contributed by atoms with E-state index in [-0.39, 0.29) is 17.8 Å². The van der Waals surface area contributed by atoms with Crippen LogP contribution >= 0.6 is 0 Å². The minimum atomic E-state index is -3.15. The number of hydrogen-bond acceptors (Lipinski definition) is 4. The summed E-state index contributed by atoms with van der Waals surface area (Å²) in [6.07, 6.45) is 1.62. The number of nitrogens with two attached hydrogens (primary N) is 1. The van der Waals surface area contributed by atoms with Crippen LogP contribution in [0.25, 0.3) is 0 Å². The van der Waals surface area contributed by atoms with Gasteiger partial charge in [-0.05, 0) is 12.8 Å². The first-order valence-corrected chi connectivity index (χ1v) is 7.85. The molecule has 0 unspecified atom stereocenters. The van der Waals surface area contributed by atoms with Crippen molar-refractivity contribution in [1.29, 1.82) is 0 Å². The number of carbonyl (C=O) groups is 1. The van der Waals surface area contributed by atoms with Gasteiger partial charge in [-0.25, -0.2) is 17.9 Å². The molecule has 0 radical (unpaired) electrons. The Morgan fingerprint density at radius 2 is 2.00 bits per heavy atom. The lowest BCUT2D eigenvalue weighted by Gasteiger charge is -2.31. The summed E-state index contributed by atoms with van der Waals surface area (Å²) in [6, 6.07) is -0.124. The first kappa shape index (κ1) is 15.2. The van der Waals surface area contributed by atoms with Crippen molar-refractivity contribution in [3.05, 3.63) is 0 Å². The molecular formula is C10H22N4O3S. The summed E-state index contributed by atoms with van der Waals surface area (Å²) in [4.78, 5) is 12.5. The Morgan fingerprint density at radius 3 is 2.50 bits per heavy atom. The quantitative estimate of drug-likeness (QED) is 0.583. The van der Waals surface area contributed by atoms with Crippen molar-refractivity contribution in [2.75, 3.05) is 31.9 Å². The maximum Gasteiger partial charge on any atom is 0.314 e. The Kier molecular flexibility index (Phi) is 5.83. The van der Waals surface area contributed by atoms with E-state index in [0.29, 0.717) is 26.2 Å². The Balaban J connectivity index is 2.20. The van der Waals surface area contributed by atoms with Gasteiger partial charge in [0.05, 0.1) is 5.75 Å². The van der Waals surface area contributed by atoms with Crippen molar-refractivity contribution < 1.29 is 13.2 Å². The van der Waals surface area contributed by atoms with Gasteiger partial charge in [0, 0.05) is 32.2 Å². The van der Waals surface area contributed by atoms with Gasteiger partial charge in [0.15, 0.2) is 0 Å². The minimum absolute atomic E-state index is 0.0802. The minimum Gasteiger partial charge on any atom is -0.351 e. The predicted molar refractivity (Wildman–Crippen MR) is 69.6 cm³/mol. The number of primary amides is 1. The molecule has 106 valence electrons. The van der Waals surface area contributed by atoms with E-state index in [9.17, 15) is 13.2 Å². The van der Waals surface area contributed by atoms with E-state index in [1.165, 1.54) is 0 Å². The Morgan fingerprint density at radius 1 is 1.39 bits per heavy atom. The summed E-state index contributed by atoms with van der Waals surface area (Å²) in [6.45, 7) is 3.86. The van der Waals surface area contributed by atoms with Gasteiger partial charge >= 0.3 is 6.03 Å². The zero-order valence-corrected chi connectivity index (χ0v) is 11.5. The summed E-state index contributed by atoms with van der Waals surface area (Å²) in [5.41, 5.74) is 5.18. The molecule has 1 heterocycles. The van der Waals surface area contributed by atoms with Gasteiger partial charge in [0.2, 0.25) is 10.0 Å². The summed E-state index contributed by atoms with van der Waals surface area (Å²) in [5, 5.41) is 3.20. The van der Waals surface area contributed by atoms with Crippen molar-refractivity contribution in [2.45, 2.75) is 25.8 Å². The molecule has 1 saturated heterocycles. The molecule has 8 heteroatoms. The number of nitrogens with zero attached hydrogens (tertiary/aromatic N) is 1. The lowest BCUT2D eigenvalue weighted by Crippen LogP contribution is -2.47. The van der Waals surface area contributed by atoms with E-state index in [1.54, 1.807) is 11.8 Å². The first-order valence-electron chi connectivity index (χ1n) is 6.19. The number of urea groups is 1. The molecule has 0 aliphatic carbocycles. The number of piperidine rings is 1.